The molecule has 0 aromatic carbocycles. The van der Waals surface area contributed by atoms with Crippen LogP contribution in [0.1, 0.15) is 18.4 Å². The lowest BCUT2D eigenvalue weighted by Gasteiger charge is -2.22. The van der Waals surface area contributed by atoms with E-state index in [0.717, 1.165) is 31.5 Å². The van der Waals surface area contributed by atoms with Gasteiger partial charge in [-0.1, -0.05) is 0 Å². The maximum absolute atomic E-state index is 5.63. The lowest BCUT2D eigenvalue weighted by Crippen LogP contribution is -2.37. The number of rotatable bonds is 2. The Kier molecular flexibility index (Phi) is 2.93. The molecule has 0 bridgehead atoms. The summed E-state index contributed by atoms with van der Waals surface area (Å²) in [4.78, 5) is 8.22. The number of hydrogen-bond donors (Lipinski definition) is 1. The van der Waals surface area contributed by atoms with Crippen molar-refractivity contribution in [3.8, 4) is 6.01 Å². The third-order valence-corrected chi connectivity index (χ3v) is 2.28. The number of piperidine rings is 1. The van der Waals surface area contributed by atoms with Crippen LogP contribution >= 0.6 is 0 Å². The summed E-state index contributed by atoms with van der Waals surface area (Å²) in [5.74, 6) is 0. The topological polar surface area (TPSA) is 47.0 Å². The van der Waals surface area contributed by atoms with Crippen LogP contribution in [0.15, 0.2) is 12.4 Å². The molecule has 1 aromatic heterocycles. The summed E-state index contributed by atoms with van der Waals surface area (Å²) in [6, 6.07) is 0.490. The highest BCUT2D eigenvalue weighted by Gasteiger charge is 2.15. The number of aromatic nitrogens is 2. The quantitative estimate of drug-likeness (QED) is 0.758. The zero-order valence-electron chi connectivity index (χ0n) is 8.36. The third-order valence-electron chi connectivity index (χ3n) is 2.28. The number of nitrogens with one attached hydrogen (secondary N) is 1. The minimum absolute atomic E-state index is 0.228. The van der Waals surface area contributed by atoms with Gasteiger partial charge in [-0.25, -0.2) is 9.97 Å². The minimum Gasteiger partial charge on any atom is -0.459 e. The molecule has 76 valence electrons. The van der Waals surface area contributed by atoms with Crippen LogP contribution in [0.4, 0.5) is 0 Å². The van der Waals surface area contributed by atoms with E-state index in [1.54, 1.807) is 12.4 Å². The van der Waals surface area contributed by atoms with Gasteiger partial charge >= 0.3 is 6.01 Å². The number of nitrogens with zero attached hydrogens (tertiary/aromatic N) is 2. The van der Waals surface area contributed by atoms with Crippen molar-refractivity contribution in [1.82, 2.24) is 15.3 Å². The predicted octanol–water partition coefficient (Wildman–Crippen LogP) is 0.916. The smallest absolute Gasteiger partial charge is 0.316 e. The zero-order valence-corrected chi connectivity index (χ0v) is 8.36. The van der Waals surface area contributed by atoms with Crippen LogP contribution in [0.2, 0.25) is 0 Å². The van der Waals surface area contributed by atoms with Gasteiger partial charge in [-0.15, -0.1) is 0 Å². The number of ether oxygens (including phenoxy) is 1. The number of hydrogen-bond acceptors (Lipinski definition) is 4. The van der Waals surface area contributed by atoms with Gasteiger partial charge in [0.25, 0.3) is 0 Å². The maximum Gasteiger partial charge on any atom is 0.316 e. The molecule has 4 nitrogen and oxygen atoms in total. The monoisotopic (exact) mass is 193 g/mol. The van der Waals surface area contributed by atoms with Gasteiger partial charge in [-0.05, 0) is 31.9 Å². The zero-order chi connectivity index (χ0) is 9.80. The summed E-state index contributed by atoms with van der Waals surface area (Å²) >= 11 is 0. The lowest BCUT2D eigenvalue weighted by atomic mass is 10.1. The Morgan fingerprint density at radius 2 is 2.21 bits per heavy atom. The fourth-order valence-electron chi connectivity index (χ4n) is 1.51. The van der Waals surface area contributed by atoms with Crippen LogP contribution in [0.25, 0.3) is 0 Å². The van der Waals surface area contributed by atoms with Crippen molar-refractivity contribution in [2.75, 3.05) is 13.1 Å². The van der Waals surface area contributed by atoms with Crippen LogP contribution in [0.5, 0.6) is 6.01 Å². The molecule has 14 heavy (non-hydrogen) atoms. The molecular weight excluding hydrogens is 178 g/mol. The standard InChI is InChI=1S/C10H15N3O/c1-8-5-12-10(13-6-8)14-9-3-2-4-11-7-9/h5-6,9,11H,2-4,7H2,1H3. The summed E-state index contributed by atoms with van der Waals surface area (Å²) in [5, 5.41) is 3.29. The van der Waals surface area contributed by atoms with Crippen molar-refractivity contribution in [1.29, 1.82) is 0 Å². The van der Waals surface area contributed by atoms with Gasteiger partial charge in [0, 0.05) is 18.9 Å². The number of aryl methyl sites for hydroxylation is 1. The average molecular weight is 193 g/mol. The van der Waals surface area contributed by atoms with Crippen LogP contribution in [-0.4, -0.2) is 29.2 Å². The molecule has 1 unspecified atom stereocenters. The first-order chi connectivity index (χ1) is 6.84. The first-order valence-electron chi connectivity index (χ1n) is 5.00. The van der Waals surface area contributed by atoms with E-state index < -0.39 is 0 Å². The average Bonchev–Trinajstić information content (AvgIpc) is 2.23. The van der Waals surface area contributed by atoms with E-state index >= 15 is 0 Å². The third kappa shape index (κ3) is 2.42. The SMILES string of the molecule is Cc1cnc(OC2CCCNC2)nc1. The summed E-state index contributed by atoms with van der Waals surface area (Å²) in [6.07, 6.45) is 6.03. The lowest BCUT2D eigenvalue weighted by molar-refractivity contribution is 0.153. The van der Waals surface area contributed by atoms with E-state index in [4.69, 9.17) is 4.74 Å². The van der Waals surface area contributed by atoms with E-state index in [9.17, 15) is 0 Å². The molecule has 0 spiro atoms. The van der Waals surface area contributed by atoms with E-state index in [-0.39, 0.29) is 6.10 Å². The molecule has 1 saturated heterocycles. The molecule has 1 N–H and O–H groups in total. The second-order valence-corrected chi connectivity index (χ2v) is 3.63. The molecule has 1 atom stereocenters. The van der Waals surface area contributed by atoms with Gasteiger partial charge in [0.1, 0.15) is 6.10 Å². The highest BCUT2D eigenvalue weighted by atomic mass is 16.5. The first kappa shape index (κ1) is 9.40. The highest BCUT2D eigenvalue weighted by molar-refractivity contribution is 5.04. The summed E-state index contributed by atoms with van der Waals surface area (Å²) in [5.41, 5.74) is 1.05. The van der Waals surface area contributed by atoms with Crippen molar-refractivity contribution in [3.05, 3.63) is 18.0 Å². The molecule has 1 aliphatic heterocycles. The Labute approximate surface area is 83.7 Å². The van der Waals surface area contributed by atoms with Crippen molar-refractivity contribution in [2.45, 2.75) is 25.9 Å². The Hall–Kier alpha value is -1.16. The molecule has 0 saturated carbocycles. The van der Waals surface area contributed by atoms with Gasteiger partial charge in [-0.2, -0.15) is 0 Å². The van der Waals surface area contributed by atoms with E-state index in [0.29, 0.717) is 6.01 Å². The van der Waals surface area contributed by atoms with Crippen LogP contribution in [0, 0.1) is 6.92 Å². The predicted molar refractivity (Wildman–Crippen MR) is 53.3 cm³/mol. The van der Waals surface area contributed by atoms with Gasteiger partial charge in [0.05, 0.1) is 0 Å². The van der Waals surface area contributed by atoms with Crippen LogP contribution < -0.4 is 10.1 Å². The normalized spacial score (nSPS) is 21.9. The van der Waals surface area contributed by atoms with E-state index in [1.165, 1.54) is 0 Å². The van der Waals surface area contributed by atoms with Crippen molar-refractivity contribution >= 4 is 0 Å². The molecule has 0 amide bonds. The molecule has 2 rings (SSSR count). The molecule has 1 aliphatic rings. The second kappa shape index (κ2) is 4.37. The Balaban J connectivity index is 1.92. The maximum atomic E-state index is 5.63. The molecule has 2 heterocycles. The summed E-state index contributed by atoms with van der Waals surface area (Å²) < 4.78 is 5.63. The molecule has 0 aliphatic carbocycles. The van der Waals surface area contributed by atoms with Crippen LogP contribution in [-0.2, 0) is 0 Å². The summed E-state index contributed by atoms with van der Waals surface area (Å²) in [6.45, 7) is 3.96. The molecule has 0 radical (unpaired) electrons. The molecule has 1 aromatic rings. The fraction of sp³-hybridized carbons (Fsp3) is 0.600. The Morgan fingerprint density at radius 3 is 2.86 bits per heavy atom. The first-order valence-corrected chi connectivity index (χ1v) is 5.00. The minimum atomic E-state index is 0.228. The fourth-order valence-corrected chi connectivity index (χ4v) is 1.51. The Bertz CT molecular complexity index is 280. The second-order valence-electron chi connectivity index (χ2n) is 3.63. The van der Waals surface area contributed by atoms with Gasteiger partial charge < -0.3 is 10.1 Å². The molecular formula is C10H15N3O. The van der Waals surface area contributed by atoms with Gasteiger partial charge in [0.2, 0.25) is 0 Å². The van der Waals surface area contributed by atoms with Crippen LogP contribution in [0.3, 0.4) is 0 Å². The van der Waals surface area contributed by atoms with Crippen molar-refractivity contribution in [2.24, 2.45) is 0 Å². The molecule has 1 fully saturated rings. The van der Waals surface area contributed by atoms with Crippen molar-refractivity contribution in [3.63, 3.8) is 0 Å². The summed E-state index contributed by atoms with van der Waals surface area (Å²) in [7, 11) is 0. The Morgan fingerprint density at radius 1 is 1.43 bits per heavy atom. The van der Waals surface area contributed by atoms with Gasteiger partial charge in [-0.3, -0.25) is 0 Å². The van der Waals surface area contributed by atoms with Crippen molar-refractivity contribution < 1.29 is 4.74 Å². The largest absolute Gasteiger partial charge is 0.459 e. The highest BCUT2D eigenvalue weighted by Crippen LogP contribution is 2.09. The van der Waals surface area contributed by atoms with E-state index in [1.807, 2.05) is 6.92 Å². The molecule has 4 heteroatoms. The van der Waals surface area contributed by atoms with E-state index in [2.05, 4.69) is 15.3 Å². The van der Waals surface area contributed by atoms with Gasteiger partial charge in [0.15, 0.2) is 0 Å².